The quantitative estimate of drug-likeness (QED) is 0.853. The van der Waals surface area contributed by atoms with Gasteiger partial charge in [0.05, 0.1) is 16.8 Å². The number of fused-ring (bicyclic) bond motifs is 1. The summed E-state index contributed by atoms with van der Waals surface area (Å²) in [6.07, 6.45) is 0. The number of benzene rings is 1. The molecule has 5 heteroatoms. The lowest BCUT2D eigenvalue weighted by Gasteiger charge is -2.20. The van der Waals surface area contributed by atoms with Gasteiger partial charge in [-0.1, -0.05) is 37.7 Å². The number of imidazole rings is 1. The lowest BCUT2D eigenvalue weighted by molar-refractivity contribution is -0.133. The summed E-state index contributed by atoms with van der Waals surface area (Å²) in [4.78, 5) is 15.5. The Labute approximate surface area is 123 Å². The number of hydrogen-bond donors (Lipinski definition) is 1. The summed E-state index contributed by atoms with van der Waals surface area (Å²) in [5.74, 6) is -0.327. The van der Waals surface area contributed by atoms with E-state index in [4.69, 9.17) is 5.11 Å². The van der Waals surface area contributed by atoms with Crippen LogP contribution in [0.1, 0.15) is 32.4 Å². The molecule has 0 fully saturated rings. The minimum atomic E-state index is -0.817. The molecule has 0 radical (unpaired) electrons. The number of aliphatic carboxylic acids is 1. The first-order valence-electron chi connectivity index (χ1n) is 6.74. The maximum atomic E-state index is 10.8. The molecule has 0 bridgehead atoms. The summed E-state index contributed by atoms with van der Waals surface area (Å²) in [5.41, 5.74) is 3.17. The van der Waals surface area contributed by atoms with Gasteiger partial charge in [-0.15, -0.1) is 0 Å². The van der Waals surface area contributed by atoms with Crippen LogP contribution in [0.4, 0.5) is 0 Å². The highest BCUT2D eigenvalue weighted by atomic mass is 32.2. The van der Waals surface area contributed by atoms with Crippen molar-refractivity contribution in [1.82, 2.24) is 9.55 Å². The number of nitrogens with zero attached hydrogens (tertiary/aromatic N) is 2. The highest BCUT2D eigenvalue weighted by molar-refractivity contribution is 7.99. The summed E-state index contributed by atoms with van der Waals surface area (Å²) in [7, 11) is 0. The van der Waals surface area contributed by atoms with Crippen molar-refractivity contribution in [2.45, 2.75) is 38.9 Å². The van der Waals surface area contributed by atoms with Gasteiger partial charge in [-0.2, -0.15) is 0 Å². The van der Waals surface area contributed by atoms with Gasteiger partial charge < -0.3 is 9.67 Å². The Morgan fingerprint density at radius 3 is 2.70 bits per heavy atom. The van der Waals surface area contributed by atoms with Crippen LogP contribution in [0.25, 0.3) is 11.0 Å². The lowest BCUT2D eigenvalue weighted by Crippen LogP contribution is -2.13. The number of carbonyl (C=O) groups is 1. The van der Waals surface area contributed by atoms with Crippen molar-refractivity contribution in [3.05, 3.63) is 23.8 Å². The van der Waals surface area contributed by atoms with E-state index in [9.17, 15) is 4.79 Å². The summed E-state index contributed by atoms with van der Waals surface area (Å²) in [6, 6.07) is 6.39. The predicted molar refractivity (Wildman–Crippen MR) is 82.4 cm³/mol. The fourth-order valence-electron chi connectivity index (χ4n) is 2.16. The van der Waals surface area contributed by atoms with E-state index in [2.05, 4.69) is 36.4 Å². The molecule has 1 unspecified atom stereocenters. The average molecular weight is 292 g/mol. The van der Waals surface area contributed by atoms with Gasteiger partial charge in [0.2, 0.25) is 0 Å². The van der Waals surface area contributed by atoms with Crippen molar-refractivity contribution >= 4 is 28.8 Å². The normalized spacial score (nSPS) is 13.1. The van der Waals surface area contributed by atoms with Crippen molar-refractivity contribution in [3.8, 4) is 0 Å². The van der Waals surface area contributed by atoms with E-state index in [0.717, 1.165) is 21.8 Å². The first kappa shape index (κ1) is 14.9. The van der Waals surface area contributed by atoms with Crippen LogP contribution in [0.5, 0.6) is 0 Å². The Kier molecular flexibility index (Phi) is 4.38. The number of para-hydroxylation sites is 1. The van der Waals surface area contributed by atoms with Crippen molar-refractivity contribution in [2.75, 3.05) is 5.75 Å². The van der Waals surface area contributed by atoms with Gasteiger partial charge in [-0.3, -0.25) is 4.79 Å². The van der Waals surface area contributed by atoms with Crippen LogP contribution >= 0.6 is 11.8 Å². The molecule has 0 aliphatic carbocycles. The van der Waals surface area contributed by atoms with Gasteiger partial charge in [-0.05, 0) is 31.4 Å². The molecule has 1 aromatic heterocycles. The molecular formula is C15H20N2O2S. The molecule has 1 atom stereocenters. The SMILES string of the molecule is Cc1cccc2c1nc(SCC(=O)O)n2C(C)C(C)C. The third-order valence-electron chi connectivity index (χ3n) is 3.59. The highest BCUT2D eigenvalue weighted by Crippen LogP contribution is 2.32. The zero-order valence-corrected chi connectivity index (χ0v) is 13.1. The monoisotopic (exact) mass is 292 g/mol. The van der Waals surface area contributed by atoms with E-state index in [0.29, 0.717) is 5.92 Å². The Morgan fingerprint density at radius 1 is 1.40 bits per heavy atom. The van der Waals surface area contributed by atoms with Crippen LogP contribution < -0.4 is 0 Å². The fourth-order valence-corrected chi connectivity index (χ4v) is 2.97. The van der Waals surface area contributed by atoms with E-state index < -0.39 is 5.97 Å². The molecule has 0 spiro atoms. The summed E-state index contributed by atoms with van der Waals surface area (Å²) in [6.45, 7) is 8.51. The predicted octanol–water partition coefficient (Wildman–Crippen LogP) is 3.74. The topological polar surface area (TPSA) is 55.1 Å². The molecule has 0 amide bonds. The second kappa shape index (κ2) is 5.87. The van der Waals surface area contributed by atoms with Crippen molar-refractivity contribution in [1.29, 1.82) is 0 Å². The van der Waals surface area contributed by atoms with Gasteiger partial charge >= 0.3 is 5.97 Å². The van der Waals surface area contributed by atoms with Crippen LogP contribution in [-0.4, -0.2) is 26.4 Å². The molecule has 0 aliphatic rings. The van der Waals surface area contributed by atoms with E-state index in [1.54, 1.807) is 0 Å². The van der Waals surface area contributed by atoms with Crippen molar-refractivity contribution in [3.63, 3.8) is 0 Å². The third kappa shape index (κ3) is 2.82. The smallest absolute Gasteiger partial charge is 0.313 e. The van der Waals surface area contributed by atoms with Gasteiger partial charge in [0.15, 0.2) is 5.16 Å². The molecule has 4 nitrogen and oxygen atoms in total. The van der Waals surface area contributed by atoms with Gasteiger partial charge in [0, 0.05) is 6.04 Å². The first-order chi connectivity index (χ1) is 9.41. The largest absolute Gasteiger partial charge is 0.481 e. The maximum absolute atomic E-state index is 10.8. The standard InChI is InChI=1S/C15H20N2O2S/c1-9(2)11(4)17-12-7-5-6-10(3)14(12)16-15(17)20-8-13(18)19/h5-7,9,11H,8H2,1-4H3,(H,18,19). The number of aryl methyl sites for hydroxylation is 1. The Hall–Kier alpha value is -1.49. The van der Waals surface area contributed by atoms with E-state index in [1.165, 1.54) is 11.8 Å². The van der Waals surface area contributed by atoms with Gasteiger partial charge in [0.1, 0.15) is 0 Å². The van der Waals surface area contributed by atoms with E-state index in [1.807, 2.05) is 19.1 Å². The maximum Gasteiger partial charge on any atom is 0.313 e. The molecule has 0 aliphatic heterocycles. The molecule has 0 saturated carbocycles. The van der Waals surface area contributed by atoms with Crippen LogP contribution in [0.15, 0.2) is 23.4 Å². The highest BCUT2D eigenvalue weighted by Gasteiger charge is 2.19. The molecule has 0 saturated heterocycles. The minimum Gasteiger partial charge on any atom is -0.481 e. The lowest BCUT2D eigenvalue weighted by atomic mass is 10.1. The number of thioether (sulfide) groups is 1. The minimum absolute atomic E-state index is 0.0349. The molecule has 108 valence electrons. The Balaban J connectivity index is 2.56. The van der Waals surface area contributed by atoms with Crippen molar-refractivity contribution < 1.29 is 9.90 Å². The van der Waals surface area contributed by atoms with Gasteiger partial charge in [-0.25, -0.2) is 4.98 Å². The average Bonchev–Trinajstić information content (AvgIpc) is 2.75. The van der Waals surface area contributed by atoms with Crippen molar-refractivity contribution in [2.24, 2.45) is 5.92 Å². The van der Waals surface area contributed by atoms with E-state index >= 15 is 0 Å². The van der Waals surface area contributed by atoms with Crippen LogP contribution in [0.3, 0.4) is 0 Å². The second-order valence-electron chi connectivity index (χ2n) is 5.37. The van der Waals surface area contributed by atoms with Gasteiger partial charge in [0.25, 0.3) is 0 Å². The fraction of sp³-hybridized carbons (Fsp3) is 0.467. The van der Waals surface area contributed by atoms with Crippen LogP contribution in [-0.2, 0) is 4.79 Å². The molecule has 2 aromatic rings. The number of aromatic nitrogens is 2. The second-order valence-corrected chi connectivity index (χ2v) is 6.32. The van der Waals surface area contributed by atoms with E-state index in [-0.39, 0.29) is 11.8 Å². The first-order valence-corrected chi connectivity index (χ1v) is 7.72. The molecule has 2 rings (SSSR count). The zero-order chi connectivity index (χ0) is 14.9. The Morgan fingerprint density at radius 2 is 2.10 bits per heavy atom. The number of carboxylic acid groups (broad SMARTS) is 1. The molecule has 1 N–H and O–H groups in total. The molecular weight excluding hydrogens is 272 g/mol. The number of hydrogen-bond acceptors (Lipinski definition) is 3. The zero-order valence-electron chi connectivity index (χ0n) is 12.3. The molecule has 1 aromatic carbocycles. The Bertz CT molecular complexity index is 634. The molecule has 1 heterocycles. The summed E-state index contributed by atoms with van der Waals surface area (Å²) < 4.78 is 2.17. The summed E-state index contributed by atoms with van der Waals surface area (Å²) in [5, 5.41) is 9.67. The number of carboxylic acids is 1. The van der Waals surface area contributed by atoms with Crippen LogP contribution in [0, 0.1) is 12.8 Å². The summed E-state index contributed by atoms with van der Waals surface area (Å²) >= 11 is 1.29. The number of rotatable bonds is 5. The third-order valence-corrected chi connectivity index (χ3v) is 4.52. The molecule has 20 heavy (non-hydrogen) atoms. The van der Waals surface area contributed by atoms with Crippen LogP contribution in [0.2, 0.25) is 0 Å².